The first-order chi connectivity index (χ1) is 20.0. The highest BCUT2D eigenvalue weighted by Crippen LogP contribution is 2.34. The molecule has 1 unspecified atom stereocenters. The van der Waals surface area contributed by atoms with Crippen LogP contribution in [0.1, 0.15) is 0 Å². The van der Waals surface area contributed by atoms with Crippen LogP contribution in [0, 0.1) is 0 Å². The van der Waals surface area contributed by atoms with E-state index in [-0.39, 0.29) is 39.6 Å². The third kappa shape index (κ3) is 10.1. The number of hydrogen-bond acceptors (Lipinski definition) is 11. The molecule has 11 nitrogen and oxygen atoms in total. The molecule has 0 saturated carbocycles. The van der Waals surface area contributed by atoms with E-state index in [1.54, 1.807) is 36.5 Å². The molecule has 41 heavy (non-hydrogen) atoms. The average molecular weight is 583 g/mol. The second-order valence-corrected chi connectivity index (χ2v) is 9.11. The van der Waals surface area contributed by atoms with Gasteiger partial charge in [-0.1, -0.05) is 36.5 Å². The summed E-state index contributed by atoms with van der Waals surface area (Å²) in [6.45, 7) is 22.5. The lowest BCUT2D eigenvalue weighted by Crippen LogP contribution is -2.66. The number of ether oxygens (including phenoxy) is 9. The van der Waals surface area contributed by atoms with Crippen molar-refractivity contribution in [2.24, 2.45) is 0 Å². The number of hydrogen-bond donors (Lipinski definition) is 2. The smallest absolute Gasteiger partial charge is 0.187 e. The summed E-state index contributed by atoms with van der Waals surface area (Å²) in [5.74, 6) is 0. The van der Waals surface area contributed by atoms with Crippen molar-refractivity contribution in [1.82, 2.24) is 0 Å². The summed E-state index contributed by atoms with van der Waals surface area (Å²) >= 11 is 0. The largest absolute Gasteiger partial charge is 0.394 e. The molecule has 232 valence electrons. The number of rotatable bonds is 22. The van der Waals surface area contributed by atoms with Gasteiger partial charge in [0.05, 0.1) is 52.9 Å². The fraction of sp³-hybridized carbons (Fsp3) is 0.600. The zero-order valence-corrected chi connectivity index (χ0v) is 23.7. The first kappa shape index (κ1) is 35.2. The molecule has 0 radical (unpaired) electrons. The fourth-order valence-electron chi connectivity index (χ4n) is 4.61. The average Bonchev–Trinajstić information content (AvgIpc) is 2.99. The molecule has 2 saturated heterocycles. The Morgan fingerprint density at radius 3 is 1.24 bits per heavy atom. The molecule has 0 amide bonds. The summed E-state index contributed by atoms with van der Waals surface area (Å²) in [5, 5.41) is 20.6. The van der Waals surface area contributed by atoms with Crippen molar-refractivity contribution in [3.63, 3.8) is 0 Å². The molecule has 0 aromatic rings. The van der Waals surface area contributed by atoms with Gasteiger partial charge in [-0.2, -0.15) is 0 Å². The van der Waals surface area contributed by atoms with Gasteiger partial charge in [-0.15, -0.1) is 39.5 Å². The molecule has 2 aliphatic heterocycles. The predicted molar refractivity (Wildman–Crippen MR) is 152 cm³/mol. The maximum Gasteiger partial charge on any atom is 0.187 e. The van der Waals surface area contributed by atoms with Crippen molar-refractivity contribution >= 4 is 0 Å². The Morgan fingerprint density at radius 2 is 0.780 bits per heavy atom. The fourth-order valence-corrected chi connectivity index (χ4v) is 4.61. The van der Waals surface area contributed by atoms with Crippen LogP contribution in [0.3, 0.4) is 0 Å². The minimum absolute atomic E-state index is 0.142. The Kier molecular flexibility index (Phi) is 17.2. The van der Waals surface area contributed by atoms with Crippen molar-refractivity contribution in [3.05, 3.63) is 75.9 Å². The van der Waals surface area contributed by atoms with Crippen LogP contribution >= 0.6 is 0 Å². The minimum Gasteiger partial charge on any atom is -0.394 e. The van der Waals surface area contributed by atoms with E-state index in [1.165, 1.54) is 0 Å². The zero-order valence-electron chi connectivity index (χ0n) is 23.7. The van der Waals surface area contributed by atoms with Crippen LogP contribution in [0.25, 0.3) is 0 Å². The highest BCUT2D eigenvalue weighted by atomic mass is 16.8. The van der Waals surface area contributed by atoms with Crippen molar-refractivity contribution in [2.75, 3.05) is 52.9 Å². The lowest BCUT2D eigenvalue weighted by Gasteiger charge is -2.49. The van der Waals surface area contributed by atoms with E-state index in [1.807, 2.05) is 0 Å². The maximum absolute atomic E-state index is 10.3. The summed E-state index contributed by atoms with van der Waals surface area (Å²) in [7, 11) is 0. The van der Waals surface area contributed by atoms with Gasteiger partial charge in [-0.05, 0) is 0 Å². The van der Waals surface area contributed by atoms with Gasteiger partial charge in [-0.25, -0.2) is 0 Å². The molecule has 2 heterocycles. The molecule has 11 heteroatoms. The van der Waals surface area contributed by atoms with Gasteiger partial charge in [0.25, 0.3) is 0 Å². The molecule has 0 spiro atoms. The Morgan fingerprint density at radius 1 is 0.439 bits per heavy atom. The van der Waals surface area contributed by atoms with Crippen molar-refractivity contribution in [1.29, 1.82) is 0 Å². The summed E-state index contributed by atoms with van der Waals surface area (Å²) < 4.78 is 54.9. The standard InChI is InChI=1S/C30H46O11/c1-7-13-33-23-21(19-31)40-30(28(37-17-11-5)25(23)34-14-8-2)41-24-22(20-32)39-29(38-18-12-6)27(36-16-10-4)26(24)35-15-9-3/h7-12,21-32H,1-6,13-20H2/t21-,22-,23+,24-,25+,26+,27-,28-,29?,30+/m1/s1. The minimum atomic E-state index is -1.12. The molecule has 2 N–H and O–H groups in total. The van der Waals surface area contributed by atoms with Crippen LogP contribution in [0.15, 0.2) is 75.9 Å². The summed E-state index contributed by atoms with van der Waals surface area (Å²) in [6.07, 6.45) is 0.842. The molecule has 0 aromatic carbocycles. The van der Waals surface area contributed by atoms with Crippen LogP contribution in [0.5, 0.6) is 0 Å². The first-order valence-electron chi connectivity index (χ1n) is 13.6. The van der Waals surface area contributed by atoms with E-state index < -0.39 is 74.6 Å². The van der Waals surface area contributed by atoms with E-state index in [0.29, 0.717) is 0 Å². The third-order valence-electron chi connectivity index (χ3n) is 6.24. The van der Waals surface area contributed by atoms with Gasteiger partial charge in [0.2, 0.25) is 0 Å². The van der Waals surface area contributed by atoms with Gasteiger partial charge in [0, 0.05) is 0 Å². The molecule has 2 fully saturated rings. The third-order valence-corrected chi connectivity index (χ3v) is 6.24. The van der Waals surface area contributed by atoms with Crippen molar-refractivity contribution < 1.29 is 52.8 Å². The van der Waals surface area contributed by atoms with Crippen molar-refractivity contribution in [2.45, 2.75) is 61.4 Å². The summed E-state index contributed by atoms with van der Waals surface area (Å²) in [4.78, 5) is 0. The first-order valence-corrected chi connectivity index (χ1v) is 13.6. The van der Waals surface area contributed by atoms with Gasteiger partial charge in [-0.3, -0.25) is 0 Å². The highest BCUT2D eigenvalue weighted by molar-refractivity contribution is 4.98. The SMILES string of the molecule is C=CCOC1O[C@H](CO)[C@@H](O[C@@H]2O[C@H](CO)[C@H](OCC=C)[C@H](OCC=C)[C@H]2OCC=C)[C@H](OCC=C)[C@H]1OCC=C. The van der Waals surface area contributed by atoms with Gasteiger partial charge >= 0.3 is 0 Å². The van der Waals surface area contributed by atoms with E-state index in [4.69, 9.17) is 42.6 Å². The molecule has 10 atom stereocenters. The van der Waals surface area contributed by atoms with E-state index >= 15 is 0 Å². The quantitative estimate of drug-likeness (QED) is 0.182. The molecule has 2 rings (SSSR count). The van der Waals surface area contributed by atoms with Crippen LogP contribution in [-0.4, -0.2) is 124 Å². The Hall–Kier alpha value is -2.00. The predicted octanol–water partition coefficient (Wildman–Crippen LogP) is 1.86. The summed E-state index contributed by atoms with van der Waals surface area (Å²) in [6, 6.07) is 0. The van der Waals surface area contributed by atoms with Gasteiger partial charge < -0.3 is 52.8 Å². The molecular formula is C30H46O11. The Balaban J connectivity index is 2.49. The van der Waals surface area contributed by atoms with Gasteiger partial charge in [0.1, 0.15) is 48.8 Å². The topological polar surface area (TPSA) is 124 Å². The zero-order chi connectivity index (χ0) is 30.0. The van der Waals surface area contributed by atoms with Crippen molar-refractivity contribution in [3.8, 4) is 0 Å². The van der Waals surface area contributed by atoms with Gasteiger partial charge in [0.15, 0.2) is 12.6 Å². The highest BCUT2D eigenvalue weighted by Gasteiger charge is 2.54. The van der Waals surface area contributed by atoms with Crippen LogP contribution in [0.2, 0.25) is 0 Å². The van der Waals surface area contributed by atoms with Crippen LogP contribution in [0.4, 0.5) is 0 Å². The molecule has 0 aromatic heterocycles. The lowest BCUT2D eigenvalue weighted by atomic mass is 9.96. The Bertz CT molecular complexity index is 805. The number of aliphatic hydroxyl groups excluding tert-OH is 2. The van der Waals surface area contributed by atoms with E-state index in [9.17, 15) is 10.2 Å². The maximum atomic E-state index is 10.3. The van der Waals surface area contributed by atoms with E-state index in [2.05, 4.69) is 39.5 Å². The summed E-state index contributed by atoms with van der Waals surface area (Å²) in [5.41, 5.74) is 0. The van der Waals surface area contributed by atoms with E-state index in [0.717, 1.165) is 0 Å². The molecular weight excluding hydrogens is 536 g/mol. The number of aliphatic hydroxyl groups is 2. The Labute approximate surface area is 243 Å². The monoisotopic (exact) mass is 582 g/mol. The molecule has 2 aliphatic rings. The second-order valence-electron chi connectivity index (χ2n) is 9.11. The lowest BCUT2D eigenvalue weighted by molar-refractivity contribution is -0.370. The van der Waals surface area contributed by atoms with Crippen LogP contribution < -0.4 is 0 Å². The molecule has 0 bridgehead atoms. The molecule has 0 aliphatic carbocycles. The second kappa shape index (κ2) is 20.0. The normalized spacial score (nSPS) is 33.5. The van der Waals surface area contributed by atoms with Crippen LogP contribution in [-0.2, 0) is 42.6 Å².